The van der Waals surface area contributed by atoms with Crippen LogP contribution in [0, 0.1) is 0 Å². The molecule has 0 bridgehead atoms. The van der Waals surface area contributed by atoms with Crippen LogP contribution in [0.5, 0.6) is 0 Å². The second kappa shape index (κ2) is 9.00. The quantitative estimate of drug-likeness (QED) is 0.583. The summed E-state index contributed by atoms with van der Waals surface area (Å²) in [5, 5.41) is 5.73. The van der Waals surface area contributed by atoms with E-state index in [0.29, 0.717) is 22.7 Å². The lowest BCUT2D eigenvalue weighted by atomic mass is 9.98. The molecular weight excluding hydrogens is 348 g/mol. The smallest absolute Gasteiger partial charge is 0.255 e. The van der Waals surface area contributed by atoms with E-state index < -0.39 is 0 Å². The van der Waals surface area contributed by atoms with Crippen molar-refractivity contribution in [3.8, 4) is 0 Å². The molecule has 4 heteroatoms. The molecule has 0 aliphatic rings. The Morgan fingerprint density at radius 3 is 1.68 bits per heavy atom. The van der Waals surface area contributed by atoms with Gasteiger partial charge in [0, 0.05) is 22.5 Å². The predicted molar refractivity (Wildman–Crippen MR) is 114 cm³/mol. The number of carbonyl (C=O) groups excluding carboxylic acids is 2. The molecule has 3 rings (SSSR count). The Labute approximate surface area is 165 Å². The summed E-state index contributed by atoms with van der Waals surface area (Å²) in [5.74, 6) is 0.139. The van der Waals surface area contributed by atoms with Crippen LogP contribution in [-0.4, -0.2) is 11.8 Å². The number of hydrogen-bond donors (Lipinski definition) is 2. The van der Waals surface area contributed by atoms with E-state index in [1.165, 1.54) is 5.56 Å². The number of carbonyl (C=O) groups is 2. The standard InChI is InChI=1S/C24H24N2O2/c1-3-17(2)18-9-13-21(14-10-18)26-24(28)20-11-15-22(16-12-20)25-23(27)19-7-5-4-6-8-19/h4-17H,3H2,1-2H3,(H,25,27)(H,26,28). The Morgan fingerprint density at radius 2 is 1.18 bits per heavy atom. The Kier molecular flexibility index (Phi) is 6.22. The van der Waals surface area contributed by atoms with Gasteiger partial charge in [-0.2, -0.15) is 0 Å². The normalized spacial score (nSPS) is 11.5. The fraction of sp³-hybridized carbons (Fsp3) is 0.167. The Bertz CT molecular complexity index is 933. The zero-order valence-electron chi connectivity index (χ0n) is 16.1. The fourth-order valence-corrected chi connectivity index (χ4v) is 2.83. The molecule has 0 spiro atoms. The van der Waals surface area contributed by atoms with E-state index in [1.54, 1.807) is 36.4 Å². The molecule has 3 aromatic carbocycles. The zero-order valence-corrected chi connectivity index (χ0v) is 16.1. The highest BCUT2D eigenvalue weighted by atomic mass is 16.2. The van der Waals surface area contributed by atoms with Crippen molar-refractivity contribution in [2.45, 2.75) is 26.2 Å². The van der Waals surface area contributed by atoms with Crippen molar-refractivity contribution in [2.24, 2.45) is 0 Å². The summed E-state index contributed by atoms with van der Waals surface area (Å²) >= 11 is 0. The Balaban J connectivity index is 1.61. The second-order valence-electron chi connectivity index (χ2n) is 6.78. The Morgan fingerprint density at radius 1 is 0.714 bits per heavy atom. The van der Waals surface area contributed by atoms with Crippen molar-refractivity contribution in [2.75, 3.05) is 10.6 Å². The van der Waals surface area contributed by atoms with Gasteiger partial charge in [0.1, 0.15) is 0 Å². The van der Waals surface area contributed by atoms with Crippen LogP contribution in [-0.2, 0) is 0 Å². The first kappa shape index (κ1) is 19.4. The van der Waals surface area contributed by atoms with Gasteiger partial charge in [0.25, 0.3) is 11.8 Å². The fourth-order valence-electron chi connectivity index (χ4n) is 2.83. The minimum absolute atomic E-state index is 0.181. The van der Waals surface area contributed by atoms with Crippen molar-refractivity contribution in [1.82, 2.24) is 0 Å². The maximum atomic E-state index is 12.4. The van der Waals surface area contributed by atoms with Gasteiger partial charge in [-0.25, -0.2) is 0 Å². The number of nitrogens with one attached hydrogen (secondary N) is 2. The molecule has 0 heterocycles. The zero-order chi connectivity index (χ0) is 19.9. The molecule has 142 valence electrons. The molecule has 2 amide bonds. The number of benzene rings is 3. The predicted octanol–water partition coefficient (Wildman–Crippen LogP) is 5.70. The molecule has 3 aromatic rings. The molecule has 0 fully saturated rings. The SMILES string of the molecule is CCC(C)c1ccc(NC(=O)c2ccc(NC(=O)c3ccccc3)cc2)cc1. The average Bonchev–Trinajstić information content (AvgIpc) is 2.74. The monoisotopic (exact) mass is 372 g/mol. The summed E-state index contributed by atoms with van der Waals surface area (Å²) < 4.78 is 0. The van der Waals surface area contributed by atoms with Gasteiger partial charge in [0.15, 0.2) is 0 Å². The van der Waals surface area contributed by atoms with Crippen molar-refractivity contribution in [3.05, 3.63) is 95.6 Å². The van der Waals surface area contributed by atoms with Crippen molar-refractivity contribution in [1.29, 1.82) is 0 Å². The van der Waals surface area contributed by atoms with Crippen LogP contribution in [0.25, 0.3) is 0 Å². The number of amides is 2. The molecule has 0 aliphatic carbocycles. The summed E-state index contributed by atoms with van der Waals surface area (Å²) in [7, 11) is 0. The average molecular weight is 372 g/mol. The van der Waals surface area contributed by atoms with Gasteiger partial charge in [-0.1, -0.05) is 44.2 Å². The second-order valence-corrected chi connectivity index (χ2v) is 6.78. The molecule has 4 nitrogen and oxygen atoms in total. The first-order valence-corrected chi connectivity index (χ1v) is 9.44. The van der Waals surface area contributed by atoms with E-state index in [-0.39, 0.29) is 11.8 Å². The third kappa shape index (κ3) is 4.86. The van der Waals surface area contributed by atoms with Gasteiger partial charge in [0.2, 0.25) is 0 Å². The van der Waals surface area contributed by atoms with Crippen LogP contribution in [0.2, 0.25) is 0 Å². The van der Waals surface area contributed by atoms with Gasteiger partial charge >= 0.3 is 0 Å². The minimum Gasteiger partial charge on any atom is -0.322 e. The molecule has 28 heavy (non-hydrogen) atoms. The van der Waals surface area contributed by atoms with Gasteiger partial charge in [0.05, 0.1) is 0 Å². The number of hydrogen-bond acceptors (Lipinski definition) is 2. The molecule has 2 N–H and O–H groups in total. The van der Waals surface area contributed by atoms with Gasteiger partial charge in [-0.05, 0) is 66.4 Å². The van der Waals surface area contributed by atoms with Crippen LogP contribution in [0.3, 0.4) is 0 Å². The van der Waals surface area contributed by atoms with Crippen LogP contribution in [0.15, 0.2) is 78.9 Å². The lowest BCUT2D eigenvalue weighted by molar-refractivity contribution is 0.102. The van der Waals surface area contributed by atoms with Crippen LogP contribution >= 0.6 is 0 Å². The third-order valence-corrected chi connectivity index (χ3v) is 4.79. The third-order valence-electron chi connectivity index (χ3n) is 4.79. The van der Waals surface area contributed by atoms with Gasteiger partial charge < -0.3 is 10.6 Å². The van der Waals surface area contributed by atoms with E-state index in [0.717, 1.165) is 12.1 Å². The van der Waals surface area contributed by atoms with E-state index in [1.807, 2.05) is 42.5 Å². The van der Waals surface area contributed by atoms with Gasteiger partial charge in [-0.3, -0.25) is 9.59 Å². The first-order valence-electron chi connectivity index (χ1n) is 9.44. The van der Waals surface area contributed by atoms with E-state index >= 15 is 0 Å². The topological polar surface area (TPSA) is 58.2 Å². The molecule has 0 radical (unpaired) electrons. The molecule has 0 saturated carbocycles. The summed E-state index contributed by atoms with van der Waals surface area (Å²) in [5.41, 5.74) is 3.79. The molecule has 0 aromatic heterocycles. The minimum atomic E-state index is -0.183. The Hall–Kier alpha value is -3.40. The maximum Gasteiger partial charge on any atom is 0.255 e. The van der Waals surface area contributed by atoms with Crippen molar-refractivity contribution in [3.63, 3.8) is 0 Å². The van der Waals surface area contributed by atoms with E-state index in [9.17, 15) is 9.59 Å². The maximum absolute atomic E-state index is 12.4. The molecule has 1 atom stereocenters. The first-order chi connectivity index (χ1) is 13.6. The lowest BCUT2D eigenvalue weighted by Gasteiger charge is -2.11. The highest BCUT2D eigenvalue weighted by Gasteiger charge is 2.09. The largest absolute Gasteiger partial charge is 0.322 e. The summed E-state index contributed by atoms with van der Waals surface area (Å²) in [6, 6.07) is 23.8. The van der Waals surface area contributed by atoms with Crippen LogP contribution in [0.1, 0.15) is 52.5 Å². The summed E-state index contributed by atoms with van der Waals surface area (Å²) in [6.45, 7) is 4.35. The highest BCUT2D eigenvalue weighted by molar-refractivity contribution is 6.06. The highest BCUT2D eigenvalue weighted by Crippen LogP contribution is 2.21. The van der Waals surface area contributed by atoms with Gasteiger partial charge in [-0.15, -0.1) is 0 Å². The summed E-state index contributed by atoms with van der Waals surface area (Å²) in [6.07, 6.45) is 1.08. The van der Waals surface area contributed by atoms with E-state index in [2.05, 4.69) is 24.5 Å². The number of rotatable bonds is 6. The molecule has 0 saturated heterocycles. The number of anilines is 2. The molecule has 0 aliphatic heterocycles. The van der Waals surface area contributed by atoms with Crippen LogP contribution < -0.4 is 10.6 Å². The summed E-state index contributed by atoms with van der Waals surface area (Å²) in [4.78, 5) is 24.6. The van der Waals surface area contributed by atoms with Crippen LogP contribution in [0.4, 0.5) is 11.4 Å². The molecular formula is C24H24N2O2. The van der Waals surface area contributed by atoms with Crippen molar-refractivity contribution >= 4 is 23.2 Å². The molecule has 1 unspecified atom stereocenters. The van der Waals surface area contributed by atoms with Crippen molar-refractivity contribution < 1.29 is 9.59 Å². The van der Waals surface area contributed by atoms with E-state index in [4.69, 9.17) is 0 Å². The lowest BCUT2D eigenvalue weighted by Crippen LogP contribution is -2.13.